The number of carbonyl (C=O) groups excluding carboxylic acids is 3. The van der Waals surface area contributed by atoms with E-state index in [1.54, 1.807) is 0 Å². The van der Waals surface area contributed by atoms with E-state index in [1.807, 2.05) is 0 Å². The van der Waals surface area contributed by atoms with Crippen LogP contribution in [-0.2, 0) is 28.6 Å². The maximum Gasteiger partial charge on any atom is 0.306 e. The predicted molar refractivity (Wildman–Crippen MR) is 270 cm³/mol. The predicted octanol–water partition coefficient (Wildman–Crippen LogP) is 18.6. The van der Waals surface area contributed by atoms with Crippen LogP contribution in [-0.4, -0.2) is 37.2 Å². The van der Waals surface area contributed by atoms with E-state index in [4.69, 9.17) is 14.2 Å². The summed E-state index contributed by atoms with van der Waals surface area (Å²) in [6, 6.07) is 0. The van der Waals surface area contributed by atoms with E-state index in [2.05, 4.69) is 27.7 Å². The molecule has 0 heterocycles. The number of ether oxygens (including phenoxy) is 3. The van der Waals surface area contributed by atoms with Gasteiger partial charge in [-0.05, 0) is 25.2 Å². The smallest absolute Gasteiger partial charge is 0.306 e. The summed E-state index contributed by atoms with van der Waals surface area (Å²) in [5.41, 5.74) is 0. The molecular formula is C57H110O6. The molecule has 63 heavy (non-hydrogen) atoms. The van der Waals surface area contributed by atoms with Crippen LogP contribution >= 0.6 is 0 Å². The van der Waals surface area contributed by atoms with Crippen molar-refractivity contribution in [2.45, 2.75) is 329 Å². The second kappa shape index (κ2) is 51.4. The minimum Gasteiger partial charge on any atom is -0.462 e. The third kappa shape index (κ3) is 51.3. The summed E-state index contributed by atoms with van der Waals surface area (Å²) in [6.45, 7) is 9.02. The van der Waals surface area contributed by atoms with Crippen molar-refractivity contribution < 1.29 is 28.6 Å². The van der Waals surface area contributed by atoms with Gasteiger partial charge in [0.25, 0.3) is 0 Å². The monoisotopic (exact) mass is 891 g/mol. The fourth-order valence-corrected chi connectivity index (χ4v) is 8.75. The Balaban J connectivity index is 4.26. The molecule has 0 radical (unpaired) electrons. The van der Waals surface area contributed by atoms with Crippen LogP contribution in [0.5, 0.6) is 0 Å². The van der Waals surface area contributed by atoms with Gasteiger partial charge in [0.15, 0.2) is 6.10 Å². The van der Waals surface area contributed by atoms with Crippen LogP contribution in [0, 0.1) is 5.92 Å². The summed E-state index contributed by atoms with van der Waals surface area (Å²) in [5.74, 6) is -0.0433. The average molecular weight is 892 g/mol. The molecule has 0 unspecified atom stereocenters. The van der Waals surface area contributed by atoms with Gasteiger partial charge in [-0.25, -0.2) is 0 Å². The topological polar surface area (TPSA) is 78.9 Å². The zero-order valence-electron chi connectivity index (χ0n) is 43.0. The third-order valence-corrected chi connectivity index (χ3v) is 13.0. The lowest BCUT2D eigenvalue weighted by Crippen LogP contribution is -2.30. The van der Waals surface area contributed by atoms with Gasteiger partial charge in [-0.1, -0.05) is 285 Å². The highest BCUT2D eigenvalue weighted by Gasteiger charge is 2.19. The minimum absolute atomic E-state index is 0.0625. The quantitative estimate of drug-likeness (QED) is 0.0344. The molecule has 374 valence electrons. The first kappa shape index (κ1) is 61.4. The fraction of sp³-hybridized carbons (Fsp3) is 0.947. The normalized spacial score (nSPS) is 12.0. The molecule has 0 aliphatic rings. The molecule has 1 atom stereocenters. The summed E-state index contributed by atoms with van der Waals surface area (Å²) in [7, 11) is 0. The summed E-state index contributed by atoms with van der Waals surface area (Å²) < 4.78 is 16.9. The first-order valence-electron chi connectivity index (χ1n) is 28.4. The Kier molecular flexibility index (Phi) is 50.1. The van der Waals surface area contributed by atoms with Crippen LogP contribution in [0.1, 0.15) is 323 Å². The lowest BCUT2D eigenvalue weighted by molar-refractivity contribution is -0.167. The summed E-state index contributed by atoms with van der Waals surface area (Å²) in [6.07, 6.45) is 55.3. The Morgan fingerprint density at radius 2 is 0.524 bits per heavy atom. The molecule has 0 saturated heterocycles. The molecule has 0 aliphatic carbocycles. The number of carbonyl (C=O) groups is 3. The first-order valence-corrected chi connectivity index (χ1v) is 28.4. The van der Waals surface area contributed by atoms with Gasteiger partial charge in [0.1, 0.15) is 13.2 Å². The van der Waals surface area contributed by atoms with Crippen molar-refractivity contribution in [3.05, 3.63) is 0 Å². The summed E-state index contributed by atoms with van der Waals surface area (Å²) >= 11 is 0. The molecule has 0 spiro atoms. The highest BCUT2D eigenvalue weighted by Crippen LogP contribution is 2.18. The molecule has 0 aliphatic heterocycles. The molecule has 6 heteroatoms. The van der Waals surface area contributed by atoms with E-state index in [0.29, 0.717) is 19.3 Å². The van der Waals surface area contributed by atoms with Crippen LogP contribution in [0.4, 0.5) is 0 Å². The second-order valence-corrected chi connectivity index (χ2v) is 20.1. The van der Waals surface area contributed by atoms with Gasteiger partial charge < -0.3 is 14.2 Å². The summed E-state index contributed by atoms with van der Waals surface area (Å²) in [4.78, 5) is 38.1. The van der Waals surface area contributed by atoms with Gasteiger partial charge in [0.2, 0.25) is 0 Å². The van der Waals surface area contributed by atoms with Crippen LogP contribution in [0.15, 0.2) is 0 Å². The zero-order chi connectivity index (χ0) is 45.9. The molecule has 0 fully saturated rings. The zero-order valence-corrected chi connectivity index (χ0v) is 43.0. The first-order chi connectivity index (χ1) is 30.9. The van der Waals surface area contributed by atoms with Gasteiger partial charge in [0.05, 0.1) is 0 Å². The number of rotatable bonds is 52. The molecular weight excluding hydrogens is 781 g/mol. The Hall–Kier alpha value is -1.59. The number of hydrogen-bond acceptors (Lipinski definition) is 6. The highest BCUT2D eigenvalue weighted by molar-refractivity contribution is 5.71. The Bertz CT molecular complexity index is 949. The van der Waals surface area contributed by atoms with E-state index in [9.17, 15) is 14.4 Å². The van der Waals surface area contributed by atoms with Crippen molar-refractivity contribution in [2.75, 3.05) is 13.2 Å². The average Bonchev–Trinajstić information content (AvgIpc) is 3.27. The van der Waals surface area contributed by atoms with Crippen LogP contribution in [0.25, 0.3) is 0 Å². The molecule has 0 rings (SSSR count). The van der Waals surface area contributed by atoms with Crippen LogP contribution in [0.3, 0.4) is 0 Å². The molecule has 6 nitrogen and oxygen atoms in total. The summed E-state index contributed by atoms with van der Waals surface area (Å²) in [5, 5.41) is 0. The molecule has 0 aromatic heterocycles. The number of unbranched alkanes of at least 4 members (excludes halogenated alkanes) is 39. The van der Waals surface area contributed by atoms with Gasteiger partial charge >= 0.3 is 17.9 Å². The van der Waals surface area contributed by atoms with E-state index in [0.717, 1.165) is 63.7 Å². The van der Waals surface area contributed by atoms with Gasteiger partial charge in [-0.15, -0.1) is 0 Å². The largest absolute Gasteiger partial charge is 0.462 e. The van der Waals surface area contributed by atoms with Crippen molar-refractivity contribution in [2.24, 2.45) is 5.92 Å². The Morgan fingerprint density at radius 3 is 0.778 bits per heavy atom. The van der Waals surface area contributed by atoms with Crippen LogP contribution < -0.4 is 0 Å². The SMILES string of the molecule is CCCCCCCCCCCCCCCCCCCCC(=O)OC[C@H](COC(=O)CCCCCCCCCCC(C)C)OC(=O)CCCCCCCCCCCCCCCCCC. The Morgan fingerprint density at radius 1 is 0.302 bits per heavy atom. The lowest BCUT2D eigenvalue weighted by atomic mass is 10.0. The lowest BCUT2D eigenvalue weighted by Gasteiger charge is -2.18. The van der Waals surface area contributed by atoms with Crippen molar-refractivity contribution >= 4 is 17.9 Å². The number of esters is 3. The van der Waals surface area contributed by atoms with Crippen molar-refractivity contribution in [1.29, 1.82) is 0 Å². The minimum atomic E-state index is -0.762. The van der Waals surface area contributed by atoms with Gasteiger partial charge in [-0.2, -0.15) is 0 Å². The maximum atomic E-state index is 12.8. The second-order valence-electron chi connectivity index (χ2n) is 20.1. The third-order valence-electron chi connectivity index (χ3n) is 13.0. The van der Waals surface area contributed by atoms with Crippen molar-refractivity contribution in [1.82, 2.24) is 0 Å². The fourth-order valence-electron chi connectivity index (χ4n) is 8.75. The molecule has 0 aromatic rings. The molecule has 0 N–H and O–H groups in total. The van der Waals surface area contributed by atoms with E-state index in [-0.39, 0.29) is 31.1 Å². The van der Waals surface area contributed by atoms with E-state index in [1.165, 1.54) is 218 Å². The highest BCUT2D eigenvalue weighted by atomic mass is 16.6. The van der Waals surface area contributed by atoms with Gasteiger partial charge in [-0.3, -0.25) is 14.4 Å². The molecule has 0 saturated carbocycles. The van der Waals surface area contributed by atoms with Crippen molar-refractivity contribution in [3.63, 3.8) is 0 Å². The van der Waals surface area contributed by atoms with E-state index >= 15 is 0 Å². The molecule has 0 bridgehead atoms. The number of hydrogen-bond donors (Lipinski definition) is 0. The van der Waals surface area contributed by atoms with Crippen LogP contribution in [0.2, 0.25) is 0 Å². The maximum absolute atomic E-state index is 12.8. The van der Waals surface area contributed by atoms with Crippen molar-refractivity contribution in [3.8, 4) is 0 Å². The van der Waals surface area contributed by atoms with E-state index < -0.39 is 6.10 Å². The molecule has 0 aromatic carbocycles. The Labute approximate surface area is 393 Å². The standard InChI is InChI=1S/C57H110O6/c1-5-7-9-11-13-15-17-19-21-23-24-26-27-29-31-36-40-44-48-55(58)61-51-54(52-62-56(59)49-45-41-37-34-33-35-39-43-47-53(3)4)63-57(60)50-46-42-38-32-30-28-25-22-20-18-16-14-12-10-8-6-2/h53-54H,5-52H2,1-4H3/t54-/m1/s1. The molecule has 0 amide bonds. The van der Waals surface area contributed by atoms with Gasteiger partial charge in [0, 0.05) is 19.3 Å².